The maximum absolute atomic E-state index is 9.44. The average molecular weight is 435 g/mol. The van der Waals surface area contributed by atoms with Gasteiger partial charge in [-0.1, -0.05) is 57.1 Å². The third-order valence-corrected chi connectivity index (χ3v) is 5.33. The smallest absolute Gasteiger partial charge is 0.177 e. The molecule has 0 atom stereocenters. The standard InChI is InChI=1S/C28H26N4O/c1-3-5-6-7-8-9-18-33-24-16-14-23(15-17-24)28-27(22-12-10-21(4-2)11-13-22)31-25(19-29)26(20-30)32-28/h2,10-17H,3,5-9,18H2,1H3. The van der Waals surface area contributed by atoms with Crippen LogP contribution in [-0.2, 0) is 0 Å². The second-order valence-corrected chi connectivity index (χ2v) is 7.70. The van der Waals surface area contributed by atoms with Crippen molar-refractivity contribution in [1.29, 1.82) is 10.5 Å². The number of rotatable bonds is 10. The predicted octanol–water partition coefficient (Wildman–Crippen LogP) is 6.27. The summed E-state index contributed by atoms with van der Waals surface area (Å²) in [5.41, 5.74) is 3.34. The highest BCUT2D eigenvalue weighted by atomic mass is 16.5. The van der Waals surface area contributed by atoms with Gasteiger partial charge in [-0.05, 0) is 42.8 Å². The van der Waals surface area contributed by atoms with Crippen molar-refractivity contribution in [2.45, 2.75) is 45.4 Å². The number of nitriles is 2. The Balaban J connectivity index is 1.82. The SMILES string of the molecule is C#Cc1ccc(-c2nc(C#N)c(C#N)nc2-c2ccc(OCCCCCCCC)cc2)cc1. The molecule has 5 nitrogen and oxygen atoms in total. The molecule has 3 rings (SSSR count). The summed E-state index contributed by atoms with van der Waals surface area (Å²) in [6.45, 7) is 2.91. The number of benzene rings is 2. The van der Waals surface area contributed by atoms with E-state index in [0.717, 1.165) is 28.9 Å². The van der Waals surface area contributed by atoms with Crippen LogP contribution < -0.4 is 4.74 Å². The number of nitrogens with zero attached hydrogens (tertiary/aromatic N) is 4. The summed E-state index contributed by atoms with van der Waals surface area (Å²) < 4.78 is 5.88. The Morgan fingerprint density at radius 2 is 1.27 bits per heavy atom. The molecule has 1 aromatic heterocycles. The van der Waals surface area contributed by atoms with Gasteiger partial charge < -0.3 is 4.74 Å². The van der Waals surface area contributed by atoms with E-state index in [1.807, 2.05) is 60.7 Å². The molecule has 1 heterocycles. The van der Waals surface area contributed by atoms with Gasteiger partial charge in [0.25, 0.3) is 0 Å². The van der Waals surface area contributed by atoms with Crippen molar-refractivity contribution in [2.75, 3.05) is 6.61 Å². The number of aromatic nitrogens is 2. The highest BCUT2D eigenvalue weighted by Crippen LogP contribution is 2.31. The molecular formula is C28H26N4O. The fourth-order valence-corrected chi connectivity index (χ4v) is 3.50. The van der Waals surface area contributed by atoms with E-state index in [-0.39, 0.29) is 11.4 Å². The molecule has 0 fully saturated rings. The summed E-state index contributed by atoms with van der Waals surface area (Å²) >= 11 is 0. The van der Waals surface area contributed by atoms with Gasteiger partial charge in [-0.25, -0.2) is 9.97 Å². The summed E-state index contributed by atoms with van der Waals surface area (Å²) in [5.74, 6) is 3.37. The third kappa shape index (κ3) is 6.19. The predicted molar refractivity (Wildman–Crippen MR) is 129 cm³/mol. The summed E-state index contributed by atoms with van der Waals surface area (Å²) in [5, 5.41) is 18.9. The van der Waals surface area contributed by atoms with Crippen LogP contribution in [0.3, 0.4) is 0 Å². The van der Waals surface area contributed by atoms with E-state index < -0.39 is 0 Å². The highest BCUT2D eigenvalue weighted by Gasteiger charge is 2.17. The van der Waals surface area contributed by atoms with Crippen LogP contribution in [0.1, 0.15) is 62.4 Å². The van der Waals surface area contributed by atoms with E-state index in [0.29, 0.717) is 18.0 Å². The molecular weight excluding hydrogens is 408 g/mol. The van der Waals surface area contributed by atoms with Gasteiger partial charge in [0.05, 0.1) is 18.0 Å². The van der Waals surface area contributed by atoms with E-state index in [9.17, 15) is 10.5 Å². The average Bonchev–Trinajstić information content (AvgIpc) is 2.87. The van der Waals surface area contributed by atoms with Gasteiger partial charge in [-0.3, -0.25) is 0 Å². The summed E-state index contributed by atoms with van der Waals surface area (Å²) in [4.78, 5) is 8.91. The van der Waals surface area contributed by atoms with Crippen LogP contribution >= 0.6 is 0 Å². The Morgan fingerprint density at radius 3 is 1.79 bits per heavy atom. The van der Waals surface area contributed by atoms with Crippen molar-refractivity contribution in [3.63, 3.8) is 0 Å². The first-order valence-corrected chi connectivity index (χ1v) is 11.2. The van der Waals surface area contributed by atoms with Crippen molar-refractivity contribution in [3.8, 4) is 52.7 Å². The first-order chi connectivity index (χ1) is 16.2. The summed E-state index contributed by atoms with van der Waals surface area (Å²) in [7, 11) is 0. The molecule has 164 valence electrons. The molecule has 2 aromatic carbocycles. The zero-order valence-corrected chi connectivity index (χ0v) is 18.8. The number of unbranched alkanes of at least 4 members (excludes halogenated alkanes) is 5. The van der Waals surface area contributed by atoms with Crippen LogP contribution in [0.2, 0.25) is 0 Å². The van der Waals surface area contributed by atoms with E-state index >= 15 is 0 Å². The van der Waals surface area contributed by atoms with Gasteiger partial charge in [-0.15, -0.1) is 6.42 Å². The van der Waals surface area contributed by atoms with Crippen LogP contribution in [0.25, 0.3) is 22.5 Å². The minimum Gasteiger partial charge on any atom is -0.494 e. The number of terminal acetylenes is 1. The van der Waals surface area contributed by atoms with Crippen molar-refractivity contribution < 1.29 is 4.74 Å². The molecule has 0 aliphatic carbocycles. The van der Waals surface area contributed by atoms with Crippen LogP contribution in [0.5, 0.6) is 5.75 Å². The molecule has 0 aliphatic rings. The molecule has 0 spiro atoms. The first kappa shape index (κ1) is 23.5. The number of ether oxygens (including phenoxy) is 1. The molecule has 5 heteroatoms. The molecule has 0 bridgehead atoms. The van der Waals surface area contributed by atoms with E-state index in [2.05, 4.69) is 22.8 Å². The van der Waals surface area contributed by atoms with Crippen LogP contribution in [-0.4, -0.2) is 16.6 Å². The second-order valence-electron chi connectivity index (χ2n) is 7.70. The van der Waals surface area contributed by atoms with E-state index in [1.165, 1.54) is 32.1 Å². The van der Waals surface area contributed by atoms with Crippen LogP contribution in [0, 0.1) is 35.0 Å². The zero-order valence-electron chi connectivity index (χ0n) is 18.8. The van der Waals surface area contributed by atoms with Crippen molar-refractivity contribution in [2.24, 2.45) is 0 Å². The van der Waals surface area contributed by atoms with Gasteiger partial charge >= 0.3 is 0 Å². The molecule has 33 heavy (non-hydrogen) atoms. The molecule has 3 aromatic rings. The minimum atomic E-state index is -0.00355. The highest BCUT2D eigenvalue weighted by molar-refractivity contribution is 5.79. The van der Waals surface area contributed by atoms with Gasteiger partial charge in [0.15, 0.2) is 11.4 Å². The Morgan fingerprint density at radius 1 is 0.758 bits per heavy atom. The molecule has 0 saturated heterocycles. The van der Waals surface area contributed by atoms with Crippen molar-refractivity contribution in [3.05, 3.63) is 65.5 Å². The molecule has 0 N–H and O–H groups in total. The molecule has 0 radical (unpaired) electrons. The third-order valence-electron chi connectivity index (χ3n) is 5.33. The minimum absolute atomic E-state index is 0.0000976. The summed E-state index contributed by atoms with van der Waals surface area (Å²) in [6.07, 6.45) is 12.8. The molecule has 0 amide bonds. The van der Waals surface area contributed by atoms with Crippen LogP contribution in [0.15, 0.2) is 48.5 Å². The quantitative estimate of drug-likeness (QED) is 0.277. The van der Waals surface area contributed by atoms with Gasteiger partial charge in [0.1, 0.15) is 17.9 Å². The normalized spacial score (nSPS) is 10.1. The van der Waals surface area contributed by atoms with Crippen molar-refractivity contribution >= 4 is 0 Å². The number of hydrogen-bond donors (Lipinski definition) is 0. The fourth-order valence-electron chi connectivity index (χ4n) is 3.50. The Kier molecular flexibility index (Phi) is 8.58. The molecule has 0 aliphatic heterocycles. The topological polar surface area (TPSA) is 82.6 Å². The maximum atomic E-state index is 9.44. The lowest BCUT2D eigenvalue weighted by Gasteiger charge is -2.11. The molecule has 0 unspecified atom stereocenters. The zero-order chi connectivity index (χ0) is 23.5. The second kappa shape index (κ2) is 12.0. The lowest BCUT2D eigenvalue weighted by molar-refractivity contribution is 0.304. The van der Waals surface area contributed by atoms with E-state index in [1.54, 1.807) is 0 Å². The molecule has 0 saturated carbocycles. The van der Waals surface area contributed by atoms with Crippen molar-refractivity contribution in [1.82, 2.24) is 9.97 Å². The fraction of sp³-hybridized carbons (Fsp3) is 0.286. The Hall–Kier alpha value is -4.14. The Bertz CT molecular complexity index is 1190. The van der Waals surface area contributed by atoms with E-state index in [4.69, 9.17) is 11.2 Å². The van der Waals surface area contributed by atoms with Crippen LogP contribution in [0.4, 0.5) is 0 Å². The lowest BCUT2D eigenvalue weighted by Crippen LogP contribution is -2.01. The first-order valence-electron chi connectivity index (χ1n) is 11.2. The Labute approximate surface area is 195 Å². The monoisotopic (exact) mass is 434 g/mol. The maximum Gasteiger partial charge on any atom is 0.177 e. The van der Waals surface area contributed by atoms with Gasteiger partial charge in [0.2, 0.25) is 0 Å². The number of hydrogen-bond acceptors (Lipinski definition) is 5. The van der Waals surface area contributed by atoms with Gasteiger partial charge in [0, 0.05) is 16.7 Å². The largest absolute Gasteiger partial charge is 0.494 e. The lowest BCUT2D eigenvalue weighted by atomic mass is 10.0. The summed E-state index contributed by atoms with van der Waals surface area (Å²) in [6, 6.07) is 18.8. The van der Waals surface area contributed by atoms with Gasteiger partial charge in [-0.2, -0.15) is 10.5 Å².